The third-order valence-electron chi connectivity index (χ3n) is 4.35. The maximum absolute atomic E-state index is 12.3. The van der Waals surface area contributed by atoms with Crippen molar-refractivity contribution < 1.29 is 13.2 Å². The van der Waals surface area contributed by atoms with Crippen LogP contribution in [0.2, 0.25) is 0 Å². The molecule has 1 saturated heterocycles. The van der Waals surface area contributed by atoms with E-state index in [4.69, 9.17) is 0 Å². The number of hydrogen-bond acceptors (Lipinski definition) is 3. The van der Waals surface area contributed by atoms with Gasteiger partial charge in [0.15, 0.2) is 9.84 Å². The maximum atomic E-state index is 12.3. The molecule has 1 saturated carbocycles. The molecule has 19 heavy (non-hydrogen) atoms. The summed E-state index contributed by atoms with van der Waals surface area (Å²) >= 11 is 0. The fourth-order valence-electron chi connectivity index (χ4n) is 2.93. The highest BCUT2D eigenvalue weighted by Crippen LogP contribution is 2.57. The molecule has 1 amide bonds. The van der Waals surface area contributed by atoms with Crippen LogP contribution in [0.25, 0.3) is 0 Å². The Morgan fingerprint density at radius 3 is 2.42 bits per heavy atom. The third-order valence-corrected chi connectivity index (χ3v) is 5.48. The summed E-state index contributed by atoms with van der Waals surface area (Å²) < 4.78 is 22.7. The van der Waals surface area contributed by atoms with Crippen molar-refractivity contribution in [3.05, 3.63) is 29.8 Å². The number of benzene rings is 1. The van der Waals surface area contributed by atoms with Gasteiger partial charge in [0, 0.05) is 24.9 Å². The number of amides is 1. The highest BCUT2D eigenvalue weighted by atomic mass is 32.2. The van der Waals surface area contributed by atoms with Crippen molar-refractivity contribution in [2.75, 3.05) is 19.3 Å². The zero-order chi connectivity index (χ0) is 13.8. The van der Waals surface area contributed by atoms with Crippen molar-refractivity contribution >= 4 is 15.7 Å². The summed E-state index contributed by atoms with van der Waals surface area (Å²) in [5, 5.41) is 0. The van der Waals surface area contributed by atoms with Crippen molar-refractivity contribution in [3.63, 3.8) is 0 Å². The zero-order valence-electron chi connectivity index (χ0n) is 11.1. The minimum Gasteiger partial charge on any atom is -0.338 e. The molecule has 5 heteroatoms. The lowest BCUT2D eigenvalue weighted by atomic mass is 10.1. The second kappa shape index (κ2) is 3.82. The van der Waals surface area contributed by atoms with Crippen LogP contribution in [-0.2, 0) is 9.84 Å². The fraction of sp³-hybridized carbons (Fsp3) is 0.500. The molecule has 2 atom stereocenters. The molecule has 1 aromatic carbocycles. The number of hydrogen-bond donors (Lipinski definition) is 0. The maximum Gasteiger partial charge on any atom is 0.253 e. The average Bonchev–Trinajstić information content (AvgIpc) is 2.86. The van der Waals surface area contributed by atoms with Crippen LogP contribution >= 0.6 is 0 Å². The molecule has 1 aliphatic carbocycles. The highest BCUT2D eigenvalue weighted by molar-refractivity contribution is 7.90. The SMILES string of the molecule is CC12CC1CN(C(=O)c1ccc(S(C)(=O)=O)cc1)C2. The number of carbonyl (C=O) groups is 1. The Morgan fingerprint density at radius 1 is 1.32 bits per heavy atom. The summed E-state index contributed by atoms with van der Waals surface area (Å²) in [5.41, 5.74) is 0.903. The molecule has 0 bridgehead atoms. The summed E-state index contributed by atoms with van der Waals surface area (Å²) in [4.78, 5) is 14.4. The molecular weight excluding hydrogens is 262 g/mol. The van der Waals surface area contributed by atoms with Crippen LogP contribution in [0.4, 0.5) is 0 Å². The standard InChI is InChI=1S/C14H17NO3S/c1-14-7-11(14)8-15(9-14)13(16)10-3-5-12(6-4-10)19(2,17)18/h3-6,11H,7-9H2,1-2H3. The summed E-state index contributed by atoms with van der Waals surface area (Å²) in [6.07, 6.45) is 2.39. The van der Waals surface area contributed by atoms with E-state index in [9.17, 15) is 13.2 Å². The molecule has 0 aromatic heterocycles. The van der Waals surface area contributed by atoms with Gasteiger partial charge in [-0.3, -0.25) is 4.79 Å². The summed E-state index contributed by atoms with van der Waals surface area (Å²) in [5.74, 6) is 0.667. The Morgan fingerprint density at radius 2 is 1.95 bits per heavy atom. The number of fused-ring (bicyclic) bond motifs is 1. The molecule has 1 heterocycles. The Balaban J connectivity index is 1.78. The summed E-state index contributed by atoms with van der Waals surface area (Å²) in [6, 6.07) is 6.21. The number of sulfone groups is 1. The topological polar surface area (TPSA) is 54.5 Å². The molecule has 4 nitrogen and oxygen atoms in total. The molecule has 0 spiro atoms. The number of nitrogens with zero attached hydrogens (tertiary/aromatic N) is 1. The molecule has 102 valence electrons. The van der Waals surface area contributed by atoms with E-state index in [1.54, 1.807) is 12.1 Å². The van der Waals surface area contributed by atoms with Gasteiger partial charge in [-0.1, -0.05) is 6.92 Å². The average molecular weight is 279 g/mol. The molecule has 1 aromatic rings. The van der Waals surface area contributed by atoms with Gasteiger partial charge in [-0.15, -0.1) is 0 Å². The van der Waals surface area contributed by atoms with Crippen LogP contribution < -0.4 is 0 Å². The van der Waals surface area contributed by atoms with Gasteiger partial charge in [0.2, 0.25) is 0 Å². The van der Waals surface area contributed by atoms with E-state index in [1.807, 2.05) is 4.90 Å². The van der Waals surface area contributed by atoms with E-state index in [0.29, 0.717) is 16.9 Å². The smallest absolute Gasteiger partial charge is 0.253 e. The molecule has 0 N–H and O–H groups in total. The summed E-state index contributed by atoms with van der Waals surface area (Å²) in [7, 11) is -3.20. The first-order valence-corrected chi connectivity index (χ1v) is 8.28. The molecular formula is C14H17NO3S. The van der Waals surface area contributed by atoms with E-state index in [0.717, 1.165) is 13.1 Å². The van der Waals surface area contributed by atoms with Crippen LogP contribution in [-0.4, -0.2) is 38.6 Å². The van der Waals surface area contributed by atoms with E-state index in [1.165, 1.54) is 24.8 Å². The Bertz CT molecular complexity index is 635. The monoisotopic (exact) mass is 279 g/mol. The molecule has 2 aliphatic rings. The number of rotatable bonds is 2. The number of likely N-dealkylation sites (tertiary alicyclic amines) is 1. The number of carbonyl (C=O) groups excluding carboxylic acids is 1. The molecule has 2 unspecified atom stereocenters. The van der Waals surface area contributed by atoms with E-state index >= 15 is 0 Å². The van der Waals surface area contributed by atoms with Gasteiger partial charge in [0.05, 0.1) is 4.90 Å². The van der Waals surface area contributed by atoms with Crippen molar-refractivity contribution in [2.24, 2.45) is 11.3 Å². The molecule has 2 fully saturated rings. The molecule has 3 rings (SSSR count). The lowest BCUT2D eigenvalue weighted by molar-refractivity contribution is 0.0766. The zero-order valence-corrected chi connectivity index (χ0v) is 11.9. The Hall–Kier alpha value is -1.36. The lowest BCUT2D eigenvalue weighted by Crippen LogP contribution is -2.31. The van der Waals surface area contributed by atoms with Crippen LogP contribution in [0.3, 0.4) is 0 Å². The highest BCUT2D eigenvalue weighted by Gasteiger charge is 2.57. The first kappa shape index (κ1) is 12.7. The van der Waals surface area contributed by atoms with Gasteiger partial charge >= 0.3 is 0 Å². The van der Waals surface area contributed by atoms with Crippen LogP contribution in [0, 0.1) is 11.3 Å². The predicted octanol–water partition coefficient (Wildman–Crippen LogP) is 1.57. The normalized spacial score (nSPS) is 29.2. The largest absolute Gasteiger partial charge is 0.338 e. The second-order valence-corrected chi connectivity index (χ2v) is 8.05. The van der Waals surface area contributed by atoms with Gasteiger partial charge in [0.25, 0.3) is 5.91 Å². The Labute approximate surface area is 113 Å². The minimum absolute atomic E-state index is 0.00785. The van der Waals surface area contributed by atoms with Crippen molar-refractivity contribution in [1.29, 1.82) is 0 Å². The van der Waals surface area contributed by atoms with Gasteiger partial charge < -0.3 is 4.90 Å². The van der Waals surface area contributed by atoms with Crippen molar-refractivity contribution in [2.45, 2.75) is 18.2 Å². The first-order chi connectivity index (χ1) is 8.79. The van der Waals surface area contributed by atoms with E-state index in [-0.39, 0.29) is 10.8 Å². The number of piperidine rings is 1. The second-order valence-electron chi connectivity index (χ2n) is 6.04. The minimum atomic E-state index is -3.20. The quantitative estimate of drug-likeness (QED) is 0.825. The molecule has 1 aliphatic heterocycles. The van der Waals surface area contributed by atoms with Gasteiger partial charge in [0.1, 0.15) is 0 Å². The van der Waals surface area contributed by atoms with Crippen LogP contribution in [0.15, 0.2) is 29.2 Å². The van der Waals surface area contributed by atoms with Crippen LogP contribution in [0.1, 0.15) is 23.7 Å². The van der Waals surface area contributed by atoms with E-state index in [2.05, 4.69) is 6.92 Å². The first-order valence-electron chi connectivity index (χ1n) is 6.39. The molecule has 0 radical (unpaired) electrons. The van der Waals surface area contributed by atoms with Crippen molar-refractivity contribution in [1.82, 2.24) is 4.90 Å². The van der Waals surface area contributed by atoms with E-state index < -0.39 is 9.84 Å². The third kappa shape index (κ3) is 2.16. The van der Waals surface area contributed by atoms with Crippen LogP contribution in [0.5, 0.6) is 0 Å². The fourth-order valence-corrected chi connectivity index (χ4v) is 3.56. The summed E-state index contributed by atoms with van der Waals surface area (Å²) in [6.45, 7) is 3.88. The Kier molecular flexibility index (Phi) is 2.55. The predicted molar refractivity (Wildman–Crippen MR) is 71.7 cm³/mol. The lowest BCUT2D eigenvalue weighted by Gasteiger charge is -2.19. The van der Waals surface area contributed by atoms with Crippen molar-refractivity contribution in [3.8, 4) is 0 Å². The van der Waals surface area contributed by atoms with Gasteiger partial charge in [-0.2, -0.15) is 0 Å². The van der Waals surface area contributed by atoms with Gasteiger partial charge in [-0.05, 0) is 42.0 Å². The van der Waals surface area contributed by atoms with Gasteiger partial charge in [-0.25, -0.2) is 8.42 Å².